The Morgan fingerprint density at radius 1 is 1.11 bits per heavy atom. The van der Waals surface area contributed by atoms with Crippen molar-refractivity contribution in [3.05, 3.63) is 58.1 Å². The number of amides is 2. The summed E-state index contributed by atoms with van der Waals surface area (Å²) in [5.74, 6) is -0.286. The number of para-hydroxylation sites is 1. The molecule has 0 fully saturated rings. The fourth-order valence-electron chi connectivity index (χ4n) is 2.24. The molecule has 0 aromatic heterocycles. The van der Waals surface area contributed by atoms with Crippen LogP contribution in [0.25, 0.3) is 0 Å². The molecule has 27 heavy (non-hydrogen) atoms. The minimum Gasteiger partial charge on any atom is -0.479 e. The maximum Gasteiger partial charge on any atom is 0.265 e. The molecule has 2 amide bonds. The molecular formula is C20H22Cl2N2O3. The first-order valence-electron chi connectivity index (χ1n) is 8.64. The minimum absolute atomic E-state index is 0.0376. The van der Waals surface area contributed by atoms with Crippen molar-refractivity contribution in [2.45, 2.75) is 39.3 Å². The first-order chi connectivity index (χ1) is 12.8. The summed E-state index contributed by atoms with van der Waals surface area (Å²) in [6.07, 6.45) is -0.0122. The predicted molar refractivity (Wildman–Crippen MR) is 109 cm³/mol. The van der Waals surface area contributed by atoms with Crippen LogP contribution in [0.1, 0.15) is 37.6 Å². The van der Waals surface area contributed by atoms with E-state index in [1.54, 1.807) is 43.3 Å². The van der Waals surface area contributed by atoms with E-state index in [0.29, 0.717) is 27.0 Å². The van der Waals surface area contributed by atoms with Crippen LogP contribution in [-0.2, 0) is 4.79 Å². The van der Waals surface area contributed by atoms with E-state index in [1.165, 1.54) is 6.07 Å². The quantitative estimate of drug-likeness (QED) is 0.682. The van der Waals surface area contributed by atoms with Crippen molar-refractivity contribution >= 4 is 40.7 Å². The van der Waals surface area contributed by atoms with Crippen LogP contribution < -0.4 is 15.4 Å². The van der Waals surface area contributed by atoms with Crippen LogP contribution in [0.5, 0.6) is 5.75 Å². The predicted octanol–water partition coefficient (Wildman–Crippen LogP) is 4.93. The van der Waals surface area contributed by atoms with Crippen LogP contribution in [-0.4, -0.2) is 24.0 Å². The van der Waals surface area contributed by atoms with Gasteiger partial charge in [-0.05, 0) is 50.6 Å². The molecule has 0 aliphatic carbocycles. The molecule has 5 nitrogen and oxygen atoms in total. The number of ether oxygens (including phenoxy) is 1. The van der Waals surface area contributed by atoms with Gasteiger partial charge in [-0.3, -0.25) is 9.59 Å². The third-order valence-electron chi connectivity index (χ3n) is 3.99. The molecule has 144 valence electrons. The van der Waals surface area contributed by atoms with E-state index in [2.05, 4.69) is 10.6 Å². The largest absolute Gasteiger partial charge is 0.479 e. The molecule has 0 saturated carbocycles. The van der Waals surface area contributed by atoms with E-state index >= 15 is 0 Å². The molecular weight excluding hydrogens is 387 g/mol. The maximum absolute atomic E-state index is 12.5. The van der Waals surface area contributed by atoms with Gasteiger partial charge < -0.3 is 15.4 Å². The normalized spacial score (nSPS) is 12.8. The lowest BCUT2D eigenvalue weighted by Crippen LogP contribution is -2.34. The van der Waals surface area contributed by atoms with Crippen LogP contribution in [0, 0.1) is 0 Å². The summed E-state index contributed by atoms with van der Waals surface area (Å²) in [6, 6.07) is 11.6. The number of hydrogen-bond donors (Lipinski definition) is 2. The molecule has 2 rings (SSSR count). The maximum atomic E-state index is 12.5. The number of nitrogens with one attached hydrogen (secondary N) is 2. The Balaban J connectivity index is 2.09. The van der Waals surface area contributed by atoms with Gasteiger partial charge in [-0.25, -0.2) is 0 Å². The van der Waals surface area contributed by atoms with Crippen LogP contribution in [0.3, 0.4) is 0 Å². The van der Waals surface area contributed by atoms with E-state index in [-0.39, 0.29) is 11.9 Å². The smallest absolute Gasteiger partial charge is 0.265 e. The third-order valence-corrected chi connectivity index (χ3v) is 4.52. The fourth-order valence-corrected chi connectivity index (χ4v) is 2.70. The molecule has 2 aromatic rings. The van der Waals surface area contributed by atoms with Gasteiger partial charge in [0, 0.05) is 11.1 Å². The van der Waals surface area contributed by atoms with E-state index in [9.17, 15) is 9.59 Å². The van der Waals surface area contributed by atoms with E-state index in [0.717, 1.165) is 6.42 Å². The van der Waals surface area contributed by atoms with Crippen LogP contribution in [0.4, 0.5) is 5.69 Å². The highest BCUT2D eigenvalue weighted by atomic mass is 35.5. The summed E-state index contributed by atoms with van der Waals surface area (Å²) in [4.78, 5) is 24.9. The molecule has 2 aromatic carbocycles. The molecule has 0 aliphatic heterocycles. The zero-order valence-corrected chi connectivity index (χ0v) is 16.9. The van der Waals surface area contributed by atoms with Gasteiger partial charge in [0.15, 0.2) is 6.10 Å². The Kier molecular flexibility index (Phi) is 7.51. The Morgan fingerprint density at radius 3 is 2.48 bits per heavy atom. The second-order valence-electron chi connectivity index (χ2n) is 6.15. The summed E-state index contributed by atoms with van der Waals surface area (Å²) >= 11 is 11.9. The number of carbonyl (C=O) groups excluding carboxylic acids is 2. The Hall–Kier alpha value is -2.24. The SMILES string of the molecule is CCC(C)NC(=O)c1ccccc1NC(=O)C(C)Oc1ccc(Cl)cc1Cl. The van der Waals surface area contributed by atoms with Crippen molar-refractivity contribution in [3.63, 3.8) is 0 Å². The highest BCUT2D eigenvalue weighted by molar-refractivity contribution is 6.35. The summed E-state index contributed by atoms with van der Waals surface area (Å²) in [5.41, 5.74) is 0.809. The van der Waals surface area contributed by atoms with Crippen LogP contribution >= 0.6 is 23.2 Å². The van der Waals surface area contributed by atoms with Crippen molar-refractivity contribution in [3.8, 4) is 5.75 Å². The molecule has 2 atom stereocenters. The summed E-state index contributed by atoms with van der Waals surface area (Å²) < 4.78 is 5.61. The lowest BCUT2D eigenvalue weighted by atomic mass is 10.1. The van der Waals surface area contributed by atoms with Gasteiger partial charge in [0.1, 0.15) is 5.75 Å². The Labute approximate surface area is 169 Å². The van der Waals surface area contributed by atoms with Crippen molar-refractivity contribution in [1.82, 2.24) is 5.32 Å². The highest BCUT2D eigenvalue weighted by Crippen LogP contribution is 2.28. The number of rotatable bonds is 7. The van der Waals surface area contributed by atoms with Gasteiger partial charge in [-0.15, -0.1) is 0 Å². The second-order valence-corrected chi connectivity index (χ2v) is 7.00. The highest BCUT2D eigenvalue weighted by Gasteiger charge is 2.20. The topological polar surface area (TPSA) is 67.4 Å². The summed E-state index contributed by atoms with van der Waals surface area (Å²) in [5, 5.41) is 6.42. The van der Waals surface area contributed by atoms with Gasteiger partial charge in [-0.2, -0.15) is 0 Å². The summed E-state index contributed by atoms with van der Waals surface area (Å²) in [6.45, 7) is 5.51. The zero-order chi connectivity index (χ0) is 20.0. The average Bonchev–Trinajstić information content (AvgIpc) is 2.64. The molecule has 0 radical (unpaired) electrons. The van der Waals surface area contributed by atoms with Crippen molar-refractivity contribution in [1.29, 1.82) is 0 Å². The van der Waals surface area contributed by atoms with Crippen molar-refractivity contribution in [2.75, 3.05) is 5.32 Å². The second kappa shape index (κ2) is 9.62. The standard InChI is InChI=1S/C20H22Cl2N2O3/c1-4-12(2)23-20(26)15-7-5-6-8-17(15)24-19(25)13(3)27-18-10-9-14(21)11-16(18)22/h5-13H,4H2,1-3H3,(H,23,26)(H,24,25). The molecule has 2 unspecified atom stereocenters. The Morgan fingerprint density at radius 2 is 1.81 bits per heavy atom. The third kappa shape index (κ3) is 5.88. The molecule has 0 heterocycles. The molecule has 0 aliphatic rings. The Bertz CT molecular complexity index is 827. The first kappa shape index (κ1) is 21.1. The van der Waals surface area contributed by atoms with Gasteiger partial charge in [0.25, 0.3) is 11.8 Å². The number of benzene rings is 2. The van der Waals surface area contributed by atoms with Gasteiger partial charge >= 0.3 is 0 Å². The molecule has 0 saturated heterocycles. The zero-order valence-electron chi connectivity index (χ0n) is 15.4. The monoisotopic (exact) mass is 408 g/mol. The average molecular weight is 409 g/mol. The van der Waals surface area contributed by atoms with Crippen LogP contribution in [0.2, 0.25) is 10.0 Å². The minimum atomic E-state index is -0.825. The van der Waals surface area contributed by atoms with Crippen LogP contribution in [0.15, 0.2) is 42.5 Å². The van der Waals surface area contributed by atoms with Gasteiger partial charge in [0.05, 0.1) is 16.3 Å². The van der Waals surface area contributed by atoms with Crippen molar-refractivity contribution < 1.29 is 14.3 Å². The molecule has 0 bridgehead atoms. The molecule has 2 N–H and O–H groups in total. The van der Waals surface area contributed by atoms with E-state index < -0.39 is 12.0 Å². The van der Waals surface area contributed by atoms with Gasteiger partial charge in [-0.1, -0.05) is 42.3 Å². The number of halogens is 2. The number of anilines is 1. The van der Waals surface area contributed by atoms with Crippen molar-refractivity contribution in [2.24, 2.45) is 0 Å². The van der Waals surface area contributed by atoms with E-state index in [4.69, 9.17) is 27.9 Å². The molecule has 0 spiro atoms. The van der Waals surface area contributed by atoms with Gasteiger partial charge in [0.2, 0.25) is 0 Å². The number of carbonyl (C=O) groups is 2. The first-order valence-corrected chi connectivity index (χ1v) is 9.39. The lowest BCUT2D eigenvalue weighted by Gasteiger charge is -2.18. The fraction of sp³-hybridized carbons (Fsp3) is 0.300. The van der Waals surface area contributed by atoms with E-state index in [1.807, 2.05) is 13.8 Å². The summed E-state index contributed by atoms with van der Waals surface area (Å²) in [7, 11) is 0. The molecule has 7 heteroatoms. The lowest BCUT2D eigenvalue weighted by molar-refractivity contribution is -0.122. The number of hydrogen-bond acceptors (Lipinski definition) is 3.